The van der Waals surface area contributed by atoms with Gasteiger partial charge < -0.3 is 5.73 Å². The summed E-state index contributed by atoms with van der Waals surface area (Å²) < 4.78 is 27.1. The zero-order valence-electron chi connectivity index (χ0n) is 11.2. The maximum Gasteiger partial charge on any atom is 0.273 e. The number of aromatic nitrogens is 1. The summed E-state index contributed by atoms with van der Waals surface area (Å²) in [5, 5.41) is 0. The molecule has 0 spiro atoms. The zero-order valence-corrected chi connectivity index (χ0v) is 12.8. The molecular weight excluding hydrogens is 294 g/mol. The molecule has 0 aliphatic carbocycles. The zero-order chi connectivity index (χ0) is 14.6. The lowest BCUT2D eigenvalue weighted by Crippen LogP contribution is -2.30. The van der Waals surface area contributed by atoms with Crippen molar-refractivity contribution in [3.8, 4) is 0 Å². The number of rotatable bonds is 6. The Hall–Kier alpha value is -1.44. The van der Waals surface area contributed by atoms with E-state index in [9.17, 15) is 8.42 Å². The molecule has 0 saturated carbocycles. The van der Waals surface area contributed by atoms with Crippen LogP contribution < -0.4 is 10.0 Å². The number of hydrogen-bond donors (Lipinski definition) is 1. The molecule has 0 amide bonds. The first kappa shape index (κ1) is 15.0. The average molecular weight is 311 g/mol. The van der Waals surface area contributed by atoms with Gasteiger partial charge >= 0.3 is 0 Å². The van der Waals surface area contributed by atoms with Gasteiger partial charge in [0, 0.05) is 23.8 Å². The molecule has 2 aromatic rings. The van der Waals surface area contributed by atoms with Crippen molar-refractivity contribution in [1.29, 1.82) is 0 Å². The molecule has 0 atom stereocenters. The van der Waals surface area contributed by atoms with Gasteiger partial charge in [-0.05, 0) is 44.2 Å². The number of pyridine rings is 1. The van der Waals surface area contributed by atoms with Crippen molar-refractivity contribution < 1.29 is 8.42 Å². The predicted molar refractivity (Wildman–Crippen MR) is 81.5 cm³/mol. The highest BCUT2D eigenvalue weighted by molar-refractivity contribution is 7.94. The fourth-order valence-electron chi connectivity index (χ4n) is 1.88. The van der Waals surface area contributed by atoms with Crippen LogP contribution in [0, 0.1) is 0 Å². The fourth-order valence-corrected chi connectivity index (χ4v) is 4.84. The van der Waals surface area contributed by atoms with E-state index in [1.807, 2.05) is 13.0 Å². The van der Waals surface area contributed by atoms with Gasteiger partial charge in [-0.25, -0.2) is 8.42 Å². The minimum atomic E-state index is -3.52. The van der Waals surface area contributed by atoms with Crippen LogP contribution in [0.25, 0.3) is 0 Å². The van der Waals surface area contributed by atoms with Crippen LogP contribution in [0.1, 0.15) is 11.8 Å². The largest absolute Gasteiger partial charge is 0.330 e. The molecule has 0 fully saturated rings. The molecule has 2 N–H and O–H groups in total. The lowest BCUT2D eigenvalue weighted by molar-refractivity contribution is 0.594. The number of nitrogens with zero attached hydrogens (tertiary/aromatic N) is 2. The van der Waals surface area contributed by atoms with Gasteiger partial charge in [0.25, 0.3) is 10.0 Å². The van der Waals surface area contributed by atoms with E-state index in [1.165, 1.54) is 15.6 Å². The van der Waals surface area contributed by atoms with Crippen LogP contribution in [-0.4, -0.2) is 26.5 Å². The third kappa shape index (κ3) is 3.00. The van der Waals surface area contributed by atoms with Crippen molar-refractivity contribution in [3.05, 3.63) is 41.5 Å². The van der Waals surface area contributed by atoms with Gasteiger partial charge in [0.2, 0.25) is 0 Å². The fraction of sp³-hybridized carbons (Fsp3) is 0.308. The van der Waals surface area contributed by atoms with Gasteiger partial charge in [-0.3, -0.25) is 9.29 Å². The average Bonchev–Trinajstić information content (AvgIpc) is 2.90. The first-order chi connectivity index (χ1) is 9.59. The molecule has 0 bridgehead atoms. The molecule has 2 aromatic heterocycles. The highest BCUT2D eigenvalue weighted by atomic mass is 32.2. The van der Waals surface area contributed by atoms with Crippen LogP contribution in [0.3, 0.4) is 0 Å². The second kappa shape index (κ2) is 6.34. The Kier molecular flexibility index (Phi) is 4.74. The first-order valence-corrected chi connectivity index (χ1v) is 8.56. The second-order valence-electron chi connectivity index (χ2n) is 4.13. The van der Waals surface area contributed by atoms with Gasteiger partial charge in [0.15, 0.2) is 0 Å². The maximum atomic E-state index is 12.7. The molecule has 0 radical (unpaired) electrons. The first-order valence-electron chi connectivity index (χ1n) is 6.31. The van der Waals surface area contributed by atoms with Crippen molar-refractivity contribution in [2.75, 3.05) is 17.4 Å². The van der Waals surface area contributed by atoms with Crippen molar-refractivity contribution in [3.63, 3.8) is 0 Å². The Labute approximate surface area is 123 Å². The minimum absolute atomic E-state index is 0.347. The Balaban J connectivity index is 2.36. The SMILES string of the molecule is CCN(c1ccncc1)S(=O)(=O)c1ccc(CCN)s1. The lowest BCUT2D eigenvalue weighted by Gasteiger charge is -2.21. The lowest BCUT2D eigenvalue weighted by atomic mass is 10.3. The Morgan fingerprint density at radius 1 is 1.25 bits per heavy atom. The summed E-state index contributed by atoms with van der Waals surface area (Å²) in [5.74, 6) is 0. The molecule has 108 valence electrons. The molecule has 0 aromatic carbocycles. The van der Waals surface area contributed by atoms with E-state index in [0.29, 0.717) is 29.4 Å². The predicted octanol–water partition coefficient (Wildman–Crippen LogP) is 1.86. The van der Waals surface area contributed by atoms with Crippen molar-refractivity contribution in [1.82, 2.24) is 4.98 Å². The third-order valence-electron chi connectivity index (χ3n) is 2.81. The summed E-state index contributed by atoms with van der Waals surface area (Å²) in [7, 11) is -3.52. The van der Waals surface area contributed by atoms with E-state index in [4.69, 9.17) is 5.73 Å². The summed E-state index contributed by atoms with van der Waals surface area (Å²) in [6.45, 7) is 2.70. The topological polar surface area (TPSA) is 76.3 Å². The number of anilines is 1. The van der Waals surface area contributed by atoms with Crippen molar-refractivity contribution in [2.24, 2.45) is 5.73 Å². The summed E-state index contributed by atoms with van der Waals surface area (Å²) in [6, 6.07) is 6.85. The monoisotopic (exact) mass is 311 g/mol. The van der Waals surface area contributed by atoms with E-state index in [0.717, 1.165) is 4.88 Å². The van der Waals surface area contributed by atoms with Crippen LogP contribution in [0.2, 0.25) is 0 Å². The summed E-state index contributed by atoms with van der Waals surface area (Å²) >= 11 is 1.28. The summed E-state index contributed by atoms with van der Waals surface area (Å²) in [4.78, 5) is 4.90. The second-order valence-corrected chi connectivity index (χ2v) is 7.39. The standard InChI is InChI=1S/C13H17N3O2S2/c1-2-16(11-6-9-15-10-7-11)20(17,18)13-4-3-12(19-13)5-8-14/h3-4,6-7,9-10H,2,5,8,14H2,1H3. The number of sulfonamides is 1. The van der Waals surface area contributed by atoms with Crippen molar-refractivity contribution in [2.45, 2.75) is 17.6 Å². The number of thiophene rings is 1. The molecule has 0 saturated heterocycles. The molecule has 2 heterocycles. The van der Waals surface area contributed by atoms with E-state index < -0.39 is 10.0 Å². The van der Waals surface area contributed by atoms with Gasteiger partial charge in [-0.15, -0.1) is 11.3 Å². The van der Waals surface area contributed by atoms with E-state index in [-0.39, 0.29) is 0 Å². The van der Waals surface area contributed by atoms with Gasteiger partial charge in [-0.2, -0.15) is 0 Å². The van der Waals surface area contributed by atoms with Crippen LogP contribution in [-0.2, 0) is 16.4 Å². The van der Waals surface area contributed by atoms with Crippen LogP contribution >= 0.6 is 11.3 Å². The molecule has 5 nitrogen and oxygen atoms in total. The van der Waals surface area contributed by atoms with E-state index in [2.05, 4.69) is 4.98 Å². The molecule has 0 aliphatic rings. The highest BCUT2D eigenvalue weighted by Crippen LogP contribution is 2.28. The smallest absolute Gasteiger partial charge is 0.273 e. The van der Waals surface area contributed by atoms with Gasteiger partial charge in [0.05, 0.1) is 5.69 Å². The minimum Gasteiger partial charge on any atom is -0.330 e. The Bertz CT molecular complexity index is 653. The molecule has 2 rings (SSSR count). The summed E-state index contributed by atoms with van der Waals surface area (Å²) in [6.07, 6.45) is 3.87. The van der Waals surface area contributed by atoms with E-state index in [1.54, 1.807) is 30.6 Å². The number of nitrogens with two attached hydrogens (primary N) is 1. The summed E-state index contributed by atoms with van der Waals surface area (Å²) in [5.41, 5.74) is 6.12. The maximum absolute atomic E-state index is 12.7. The van der Waals surface area contributed by atoms with Gasteiger partial charge in [0.1, 0.15) is 4.21 Å². The molecule has 0 aliphatic heterocycles. The molecule has 0 unspecified atom stereocenters. The Morgan fingerprint density at radius 3 is 2.55 bits per heavy atom. The quantitative estimate of drug-likeness (QED) is 0.883. The van der Waals surface area contributed by atoms with Crippen LogP contribution in [0.4, 0.5) is 5.69 Å². The molecular formula is C13H17N3O2S2. The highest BCUT2D eigenvalue weighted by Gasteiger charge is 2.25. The molecule has 7 heteroatoms. The Morgan fingerprint density at radius 2 is 1.95 bits per heavy atom. The third-order valence-corrected chi connectivity index (χ3v) is 6.33. The normalized spacial score (nSPS) is 11.5. The van der Waals surface area contributed by atoms with Crippen LogP contribution in [0.5, 0.6) is 0 Å². The molecule has 20 heavy (non-hydrogen) atoms. The van der Waals surface area contributed by atoms with E-state index >= 15 is 0 Å². The van der Waals surface area contributed by atoms with Crippen molar-refractivity contribution >= 4 is 27.0 Å². The van der Waals surface area contributed by atoms with Crippen LogP contribution in [0.15, 0.2) is 40.9 Å². The number of hydrogen-bond acceptors (Lipinski definition) is 5. The van der Waals surface area contributed by atoms with Gasteiger partial charge in [-0.1, -0.05) is 0 Å².